The number of hydrogen-bond acceptors (Lipinski definition) is 4. The van der Waals surface area contributed by atoms with E-state index in [2.05, 4.69) is 10.3 Å². The van der Waals surface area contributed by atoms with Gasteiger partial charge in [0.25, 0.3) is 11.8 Å². The Hall–Kier alpha value is -3.67. The standard InChI is InChI=1S/C22H19N3O3/c26-21(15-28-19-6-2-1-3-7-19)24-18-8-9-20-16(13-18)10-12-25(20)22(27)17-5-4-11-23-14-17/h1-9,11,13-14H,10,12,15H2,(H,24,26). The van der Waals surface area contributed by atoms with Gasteiger partial charge in [0.2, 0.25) is 0 Å². The minimum absolute atomic E-state index is 0.0628. The SMILES string of the molecule is O=C(COc1ccccc1)Nc1ccc2c(c1)CCN2C(=O)c1cccnc1. The third-order valence-corrected chi connectivity index (χ3v) is 4.53. The van der Waals surface area contributed by atoms with Gasteiger partial charge in [-0.05, 0) is 54.4 Å². The molecule has 6 heteroatoms. The maximum atomic E-state index is 12.7. The third kappa shape index (κ3) is 3.86. The number of anilines is 2. The van der Waals surface area contributed by atoms with E-state index in [1.54, 1.807) is 47.6 Å². The summed E-state index contributed by atoms with van der Waals surface area (Å²) in [4.78, 5) is 30.6. The van der Waals surface area contributed by atoms with Crippen molar-refractivity contribution in [3.8, 4) is 5.75 Å². The van der Waals surface area contributed by atoms with E-state index in [1.165, 1.54) is 0 Å². The zero-order valence-electron chi connectivity index (χ0n) is 15.2. The van der Waals surface area contributed by atoms with E-state index in [4.69, 9.17) is 4.74 Å². The van der Waals surface area contributed by atoms with E-state index in [0.29, 0.717) is 23.5 Å². The van der Waals surface area contributed by atoms with Crippen molar-refractivity contribution in [3.63, 3.8) is 0 Å². The number of ether oxygens (including phenoxy) is 1. The molecule has 0 unspecified atom stereocenters. The average molecular weight is 373 g/mol. The topological polar surface area (TPSA) is 71.5 Å². The van der Waals surface area contributed by atoms with Crippen LogP contribution in [0.15, 0.2) is 73.1 Å². The zero-order valence-corrected chi connectivity index (χ0v) is 15.2. The molecule has 0 atom stereocenters. The summed E-state index contributed by atoms with van der Waals surface area (Å²) in [6.07, 6.45) is 3.96. The maximum Gasteiger partial charge on any atom is 0.262 e. The number of carbonyl (C=O) groups excluding carboxylic acids is 2. The molecule has 0 fully saturated rings. The van der Waals surface area contributed by atoms with Crippen LogP contribution in [0.5, 0.6) is 5.75 Å². The molecule has 2 aromatic carbocycles. The molecule has 6 nitrogen and oxygen atoms in total. The van der Waals surface area contributed by atoms with Gasteiger partial charge in [-0.25, -0.2) is 0 Å². The Balaban J connectivity index is 1.41. The summed E-state index contributed by atoms with van der Waals surface area (Å²) in [5.74, 6) is 0.348. The van der Waals surface area contributed by atoms with Crippen molar-refractivity contribution in [1.82, 2.24) is 4.98 Å². The molecule has 1 aromatic heterocycles. The highest BCUT2D eigenvalue weighted by Gasteiger charge is 2.26. The van der Waals surface area contributed by atoms with Crippen molar-refractivity contribution in [1.29, 1.82) is 0 Å². The first-order valence-corrected chi connectivity index (χ1v) is 9.03. The van der Waals surface area contributed by atoms with Crippen molar-refractivity contribution >= 4 is 23.2 Å². The van der Waals surface area contributed by atoms with Crippen LogP contribution in [0.4, 0.5) is 11.4 Å². The van der Waals surface area contributed by atoms with Gasteiger partial charge < -0.3 is 15.0 Å². The van der Waals surface area contributed by atoms with Gasteiger partial charge in [0, 0.05) is 30.3 Å². The lowest BCUT2D eigenvalue weighted by atomic mass is 10.1. The molecule has 2 amide bonds. The van der Waals surface area contributed by atoms with Gasteiger partial charge in [0.1, 0.15) is 5.75 Å². The average Bonchev–Trinajstić information content (AvgIpc) is 3.16. The molecule has 28 heavy (non-hydrogen) atoms. The Bertz CT molecular complexity index is 990. The summed E-state index contributed by atoms with van der Waals surface area (Å²) in [5.41, 5.74) is 3.15. The van der Waals surface area contributed by atoms with Crippen LogP contribution in [0, 0.1) is 0 Å². The first-order chi connectivity index (χ1) is 13.7. The molecule has 1 aliphatic heterocycles. The molecule has 140 valence electrons. The fourth-order valence-electron chi connectivity index (χ4n) is 3.20. The first kappa shape index (κ1) is 17.7. The molecule has 0 saturated heterocycles. The molecule has 2 heterocycles. The number of benzene rings is 2. The van der Waals surface area contributed by atoms with Gasteiger partial charge in [-0.15, -0.1) is 0 Å². The van der Waals surface area contributed by atoms with Gasteiger partial charge in [-0.3, -0.25) is 14.6 Å². The number of aromatic nitrogens is 1. The molecular weight excluding hydrogens is 354 g/mol. The Morgan fingerprint density at radius 1 is 1.07 bits per heavy atom. The second kappa shape index (κ2) is 7.92. The van der Waals surface area contributed by atoms with Gasteiger partial charge >= 0.3 is 0 Å². The van der Waals surface area contributed by atoms with Gasteiger partial charge in [0.05, 0.1) is 5.56 Å². The largest absolute Gasteiger partial charge is 0.484 e. The zero-order chi connectivity index (χ0) is 19.3. The fraction of sp³-hybridized carbons (Fsp3) is 0.136. The van der Waals surface area contributed by atoms with Gasteiger partial charge in [0.15, 0.2) is 6.61 Å². The molecular formula is C22H19N3O3. The molecule has 0 bridgehead atoms. The van der Waals surface area contributed by atoms with Crippen LogP contribution in [0.2, 0.25) is 0 Å². The third-order valence-electron chi connectivity index (χ3n) is 4.53. The minimum atomic E-state index is -0.231. The highest BCUT2D eigenvalue weighted by atomic mass is 16.5. The highest BCUT2D eigenvalue weighted by Crippen LogP contribution is 2.31. The van der Waals surface area contributed by atoms with Crippen molar-refractivity contribution in [2.24, 2.45) is 0 Å². The first-order valence-electron chi connectivity index (χ1n) is 9.03. The van der Waals surface area contributed by atoms with Gasteiger partial charge in [-0.1, -0.05) is 18.2 Å². The summed E-state index contributed by atoms with van der Waals surface area (Å²) in [5, 5.41) is 2.84. The summed E-state index contributed by atoms with van der Waals surface area (Å²) < 4.78 is 5.46. The smallest absolute Gasteiger partial charge is 0.262 e. The number of nitrogens with one attached hydrogen (secondary N) is 1. The van der Waals surface area contributed by atoms with Crippen LogP contribution in [0.1, 0.15) is 15.9 Å². The Morgan fingerprint density at radius 2 is 1.93 bits per heavy atom. The lowest BCUT2D eigenvalue weighted by Gasteiger charge is -2.17. The van der Waals surface area contributed by atoms with E-state index in [0.717, 1.165) is 17.7 Å². The maximum absolute atomic E-state index is 12.7. The molecule has 0 saturated carbocycles. The normalized spacial score (nSPS) is 12.4. The molecule has 3 aromatic rings. The number of hydrogen-bond donors (Lipinski definition) is 1. The number of pyridine rings is 1. The lowest BCUT2D eigenvalue weighted by molar-refractivity contribution is -0.118. The quantitative estimate of drug-likeness (QED) is 0.745. The van der Waals surface area contributed by atoms with E-state index < -0.39 is 0 Å². The number of carbonyl (C=O) groups is 2. The van der Waals surface area contributed by atoms with Crippen molar-refractivity contribution in [3.05, 3.63) is 84.2 Å². The Morgan fingerprint density at radius 3 is 2.71 bits per heavy atom. The van der Waals surface area contributed by atoms with Crippen LogP contribution in [-0.2, 0) is 11.2 Å². The van der Waals surface area contributed by atoms with Crippen LogP contribution >= 0.6 is 0 Å². The number of amides is 2. The fourth-order valence-corrected chi connectivity index (χ4v) is 3.20. The number of rotatable bonds is 5. The van der Waals surface area contributed by atoms with Crippen LogP contribution in [0.3, 0.4) is 0 Å². The lowest BCUT2D eigenvalue weighted by Crippen LogP contribution is -2.28. The van der Waals surface area contributed by atoms with E-state index in [9.17, 15) is 9.59 Å². The van der Waals surface area contributed by atoms with Crippen molar-refractivity contribution < 1.29 is 14.3 Å². The van der Waals surface area contributed by atoms with Crippen molar-refractivity contribution in [2.45, 2.75) is 6.42 Å². The number of fused-ring (bicyclic) bond motifs is 1. The summed E-state index contributed by atoms with van der Waals surface area (Å²) in [6, 6.07) is 18.3. The van der Waals surface area contributed by atoms with Crippen LogP contribution in [-0.4, -0.2) is 29.9 Å². The van der Waals surface area contributed by atoms with E-state index in [-0.39, 0.29) is 18.4 Å². The molecule has 0 aliphatic carbocycles. The Labute approximate surface area is 162 Å². The molecule has 0 spiro atoms. The van der Waals surface area contributed by atoms with Crippen LogP contribution < -0.4 is 15.0 Å². The molecule has 0 radical (unpaired) electrons. The van der Waals surface area contributed by atoms with Crippen LogP contribution in [0.25, 0.3) is 0 Å². The monoisotopic (exact) mass is 373 g/mol. The second-order valence-electron chi connectivity index (χ2n) is 6.44. The summed E-state index contributed by atoms with van der Waals surface area (Å²) >= 11 is 0. The predicted octanol–water partition coefficient (Wildman–Crippen LogP) is 3.30. The van der Waals surface area contributed by atoms with E-state index in [1.807, 2.05) is 30.3 Å². The number of nitrogens with zero attached hydrogens (tertiary/aromatic N) is 2. The summed E-state index contributed by atoms with van der Waals surface area (Å²) in [6.45, 7) is 0.546. The summed E-state index contributed by atoms with van der Waals surface area (Å²) in [7, 11) is 0. The van der Waals surface area contributed by atoms with Crippen molar-refractivity contribution in [2.75, 3.05) is 23.4 Å². The molecule has 1 aliphatic rings. The van der Waals surface area contributed by atoms with E-state index >= 15 is 0 Å². The minimum Gasteiger partial charge on any atom is -0.484 e. The number of para-hydroxylation sites is 1. The Kier molecular flexibility index (Phi) is 5.01. The predicted molar refractivity (Wildman–Crippen MR) is 107 cm³/mol. The second-order valence-corrected chi connectivity index (χ2v) is 6.44. The van der Waals surface area contributed by atoms with Gasteiger partial charge in [-0.2, -0.15) is 0 Å². The highest BCUT2D eigenvalue weighted by molar-refractivity contribution is 6.07. The molecule has 4 rings (SSSR count). The molecule has 1 N–H and O–H groups in total.